The standard InChI is InChI=1S/C12H14BrNS/c1-8(2)15-7-9-6-14-12-4-3-10(13)5-11(9)12/h3-6,8,14H,7H2,1-2H3. The molecule has 3 heteroatoms. The molecule has 0 atom stereocenters. The predicted octanol–water partition coefficient (Wildman–Crippen LogP) is 4.57. The van der Waals surface area contributed by atoms with E-state index in [1.807, 2.05) is 11.8 Å². The van der Waals surface area contributed by atoms with Crippen LogP contribution in [0.15, 0.2) is 28.9 Å². The van der Waals surface area contributed by atoms with Crippen LogP contribution in [0.25, 0.3) is 10.9 Å². The Bertz CT molecular complexity index is 462. The number of aromatic amines is 1. The Morgan fingerprint density at radius 2 is 2.20 bits per heavy atom. The molecule has 2 aromatic rings. The summed E-state index contributed by atoms with van der Waals surface area (Å²) < 4.78 is 1.14. The summed E-state index contributed by atoms with van der Waals surface area (Å²) in [6.45, 7) is 4.46. The van der Waals surface area contributed by atoms with E-state index < -0.39 is 0 Å². The van der Waals surface area contributed by atoms with E-state index >= 15 is 0 Å². The number of halogens is 1. The maximum absolute atomic E-state index is 3.51. The van der Waals surface area contributed by atoms with Crippen LogP contribution in [0.1, 0.15) is 19.4 Å². The Morgan fingerprint density at radius 1 is 1.40 bits per heavy atom. The van der Waals surface area contributed by atoms with Crippen LogP contribution in [-0.4, -0.2) is 10.2 Å². The average Bonchev–Trinajstić information content (AvgIpc) is 2.57. The van der Waals surface area contributed by atoms with Crippen LogP contribution in [0.3, 0.4) is 0 Å². The summed E-state index contributed by atoms with van der Waals surface area (Å²) in [5.74, 6) is 1.08. The van der Waals surface area contributed by atoms with Crippen molar-refractivity contribution in [3.05, 3.63) is 34.4 Å². The molecule has 2 rings (SSSR count). The van der Waals surface area contributed by atoms with Crippen molar-refractivity contribution in [3.8, 4) is 0 Å². The van der Waals surface area contributed by atoms with Gasteiger partial charge in [0.25, 0.3) is 0 Å². The summed E-state index contributed by atoms with van der Waals surface area (Å²) in [7, 11) is 0. The fourth-order valence-corrected chi connectivity index (χ4v) is 2.64. The van der Waals surface area contributed by atoms with Crippen molar-refractivity contribution >= 4 is 38.6 Å². The highest BCUT2D eigenvalue weighted by molar-refractivity contribution is 9.10. The first kappa shape index (κ1) is 11.1. The molecule has 0 saturated carbocycles. The number of benzene rings is 1. The van der Waals surface area contributed by atoms with Crippen molar-refractivity contribution in [2.75, 3.05) is 0 Å². The molecule has 1 nitrogen and oxygen atoms in total. The molecule has 15 heavy (non-hydrogen) atoms. The third-order valence-corrected chi connectivity index (χ3v) is 3.94. The lowest BCUT2D eigenvalue weighted by Crippen LogP contribution is -1.87. The zero-order valence-electron chi connectivity index (χ0n) is 8.88. The Morgan fingerprint density at radius 3 is 2.93 bits per heavy atom. The molecule has 0 amide bonds. The number of thioether (sulfide) groups is 1. The lowest BCUT2D eigenvalue weighted by Gasteiger charge is -2.03. The minimum atomic E-state index is 0.683. The van der Waals surface area contributed by atoms with Crippen LogP contribution in [0.5, 0.6) is 0 Å². The van der Waals surface area contributed by atoms with Crippen LogP contribution in [0, 0.1) is 0 Å². The summed E-state index contributed by atoms with van der Waals surface area (Å²) >= 11 is 5.48. The van der Waals surface area contributed by atoms with Gasteiger partial charge < -0.3 is 4.98 Å². The molecular weight excluding hydrogens is 270 g/mol. The predicted molar refractivity (Wildman–Crippen MR) is 72.4 cm³/mol. The second-order valence-electron chi connectivity index (χ2n) is 3.86. The van der Waals surface area contributed by atoms with Crippen molar-refractivity contribution in [1.82, 2.24) is 4.98 Å². The number of fused-ring (bicyclic) bond motifs is 1. The van der Waals surface area contributed by atoms with Crippen molar-refractivity contribution in [2.45, 2.75) is 24.9 Å². The van der Waals surface area contributed by atoms with Gasteiger partial charge in [-0.1, -0.05) is 29.8 Å². The monoisotopic (exact) mass is 283 g/mol. The van der Waals surface area contributed by atoms with E-state index in [4.69, 9.17) is 0 Å². The van der Waals surface area contributed by atoms with E-state index in [9.17, 15) is 0 Å². The topological polar surface area (TPSA) is 15.8 Å². The zero-order valence-corrected chi connectivity index (χ0v) is 11.3. The average molecular weight is 284 g/mol. The first-order valence-corrected chi connectivity index (χ1v) is 6.88. The molecule has 0 bridgehead atoms. The summed E-state index contributed by atoms with van der Waals surface area (Å²) in [4.78, 5) is 3.30. The van der Waals surface area contributed by atoms with Gasteiger partial charge >= 0.3 is 0 Å². The smallest absolute Gasteiger partial charge is 0.0457 e. The van der Waals surface area contributed by atoms with Gasteiger partial charge in [0.05, 0.1) is 0 Å². The minimum absolute atomic E-state index is 0.683. The molecule has 1 heterocycles. The second kappa shape index (κ2) is 4.62. The molecule has 0 saturated heterocycles. The summed E-state index contributed by atoms with van der Waals surface area (Å²) in [6.07, 6.45) is 2.12. The summed E-state index contributed by atoms with van der Waals surface area (Å²) in [5.41, 5.74) is 2.61. The number of aromatic nitrogens is 1. The Balaban J connectivity index is 2.31. The molecule has 80 valence electrons. The largest absolute Gasteiger partial charge is 0.361 e. The van der Waals surface area contributed by atoms with Gasteiger partial charge in [0, 0.05) is 27.3 Å². The lowest BCUT2D eigenvalue weighted by atomic mass is 10.2. The quantitative estimate of drug-likeness (QED) is 0.872. The van der Waals surface area contributed by atoms with Crippen molar-refractivity contribution in [1.29, 1.82) is 0 Å². The zero-order chi connectivity index (χ0) is 10.8. The Hall–Kier alpha value is -0.410. The number of hydrogen-bond acceptors (Lipinski definition) is 1. The van der Waals surface area contributed by atoms with Gasteiger partial charge in [-0.3, -0.25) is 0 Å². The third kappa shape index (κ3) is 2.58. The molecule has 1 aromatic heterocycles. The molecule has 0 radical (unpaired) electrons. The molecule has 1 N–H and O–H groups in total. The van der Waals surface area contributed by atoms with Crippen molar-refractivity contribution in [2.24, 2.45) is 0 Å². The molecule has 0 spiro atoms. The Labute approximate surface area is 103 Å². The van der Waals surface area contributed by atoms with Gasteiger partial charge in [0.15, 0.2) is 0 Å². The number of rotatable bonds is 3. The van der Waals surface area contributed by atoms with E-state index in [0.717, 1.165) is 10.2 Å². The first-order valence-electron chi connectivity index (χ1n) is 5.04. The van der Waals surface area contributed by atoms with Gasteiger partial charge in [0.2, 0.25) is 0 Å². The maximum atomic E-state index is 3.51. The maximum Gasteiger partial charge on any atom is 0.0457 e. The van der Waals surface area contributed by atoms with Gasteiger partial charge in [0.1, 0.15) is 0 Å². The van der Waals surface area contributed by atoms with E-state index in [-0.39, 0.29) is 0 Å². The van der Waals surface area contributed by atoms with Crippen LogP contribution in [-0.2, 0) is 5.75 Å². The van der Waals surface area contributed by atoms with Crippen LogP contribution in [0.4, 0.5) is 0 Å². The normalized spacial score (nSPS) is 11.5. The van der Waals surface area contributed by atoms with Gasteiger partial charge in [-0.2, -0.15) is 11.8 Å². The van der Waals surface area contributed by atoms with E-state index in [2.05, 4.69) is 59.2 Å². The first-order chi connectivity index (χ1) is 7.16. The summed E-state index contributed by atoms with van der Waals surface area (Å²) in [6, 6.07) is 6.36. The van der Waals surface area contributed by atoms with Crippen LogP contribution in [0.2, 0.25) is 0 Å². The number of hydrogen-bond donors (Lipinski definition) is 1. The van der Waals surface area contributed by atoms with E-state index in [1.54, 1.807) is 0 Å². The molecule has 0 aliphatic heterocycles. The summed E-state index contributed by atoms with van der Waals surface area (Å²) in [5, 5.41) is 2.01. The minimum Gasteiger partial charge on any atom is -0.361 e. The fourth-order valence-electron chi connectivity index (χ4n) is 1.53. The molecular formula is C12H14BrNS. The lowest BCUT2D eigenvalue weighted by molar-refractivity contribution is 1.11. The Kier molecular flexibility index (Phi) is 3.42. The van der Waals surface area contributed by atoms with E-state index in [0.29, 0.717) is 5.25 Å². The highest BCUT2D eigenvalue weighted by atomic mass is 79.9. The SMILES string of the molecule is CC(C)SCc1c[nH]c2ccc(Br)cc12. The van der Waals surface area contributed by atoms with Crippen LogP contribution < -0.4 is 0 Å². The molecule has 0 unspecified atom stereocenters. The van der Waals surface area contributed by atoms with E-state index in [1.165, 1.54) is 16.5 Å². The highest BCUT2D eigenvalue weighted by Gasteiger charge is 2.05. The molecule has 1 aromatic carbocycles. The molecule has 0 aliphatic carbocycles. The van der Waals surface area contributed by atoms with Gasteiger partial charge in [-0.05, 0) is 29.0 Å². The number of H-pyrrole nitrogens is 1. The van der Waals surface area contributed by atoms with Crippen molar-refractivity contribution < 1.29 is 0 Å². The van der Waals surface area contributed by atoms with Gasteiger partial charge in [-0.25, -0.2) is 0 Å². The van der Waals surface area contributed by atoms with Gasteiger partial charge in [-0.15, -0.1) is 0 Å². The molecule has 0 fully saturated rings. The van der Waals surface area contributed by atoms with Crippen LogP contribution >= 0.6 is 27.7 Å². The van der Waals surface area contributed by atoms with Crippen molar-refractivity contribution in [3.63, 3.8) is 0 Å². The third-order valence-electron chi connectivity index (χ3n) is 2.30. The highest BCUT2D eigenvalue weighted by Crippen LogP contribution is 2.26. The number of nitrogens with one attached hydrogen (secondary N) is 1. The molecule has 0 aliphatic rings. The fraction of sp³-hybridized carbons (Fsp3) is 0.333. The second-order valence-corrected chi connectivity index (χ2v) is 6.34.